The van der Waals surface area contributed by atoms with E-state index >= 15 is 0 Å². The lowest BCUT2D eigenvalue weighted by molar-refractivity contribution is -0.384. The average Bonchev–Trinajstić information content (AvgIpc) is 2.48. The molecule has 0 aliphatic heterocycles. The smallest absolute Gasteiger partial charge is 0.269 e. The molecule has 6 nitrogen and oxygen atoms in total. The molecule has 0 atom stereocenters. The Bertz CT molecular complexity index is 621. The zero-order valence-electron chi connectivity index (χ0n) is 10.6. The second kappa shape index (κ2) is 5.94. The molecule has 0 aliphatic rings. The maximum atomic E-state index is 11.9. The monoisotopic (exact) mass is 271 g/mol. The molecule has 0 saturated carbocycles. The van der Waals surface area contributed by atoms with Crippen LogP contribution in [0.25, 0.3) is 0 Å². The molecule has 0 unspecified atom stereocenters. The standard InChI is InChI=1S/C14H13N3O3/c15-9-10-1-5-12(6-2-10)16-14(18)11-3-7-13(8-4-11)17(19)20/h1-8H,9,15H2,(H,16,18). The number of anilines is 1. The molecule has 1 amide bonds. The molecular formula is C14H13N3O3. The Hall–Kier alpha value is -2.73. The zero-order valence-corrected chi connectivity index (χ0v) is 10.6. The van der Waals surface area contributed by atoms with Crippen molar-refractivity contribution in [2.45, 2.75) is 6.54 Å². The van der Waals surface area contributed by atoms with E-state index in [0.717, 1.165) is 5.56 Å². The normalized spacial score (nSPS) is 10.1. The number of carbonyl (C=O) groups excluding carboxylic acids is 1. The fourth-order valence-corrected chi connectivity index (χ4v) is 1.66. The van der Waals surface area contributed by atoms with E-state index in [1.54, 1.807) is 12.1 Å². The van der Waals surface area contributed by atoms with Gasteiger partial charge < -0.3 is 11.1 Å². The molecule has 2 aromatic carbocycles. The summed E-state index contributed by atoms with van der Waals surface area (Å²) in [6.07, 6.45) is 0. The Kier molecular flexibility index (Phi) is 4.07. The molecule has 0 heterocycles. The van der Waals surface area contributed by atoms with Crippen LogP contribution in [0.5, 0.6) is 0 Å². The molecule has 0 radical (unpaired) electrons. The van der Waals surface area contributed by atoms with Gasteiger partial charge in [0, 0.05) is 29.9 Å². The summed E-state index contributed by atoms with van der Waals surface area (Å²) < 4.78 is 0. The van der Waals surface area contributed by atoms with Crippen molar-refractivity contribution in [1.29, 1.82) is 0 Å². The predicted octanol–water partition coefficient (Wildman–Crippen LogP) is 2.31. The lowest BCUT2D eigenvalue weighted by Crippen LogP contribution is -2.11. The number of amides is 1. The van der Waals surface area contributed by atoms with Gasteiger partial charge in [-0.25, -0.2) is 0 Å². The molecule has 3 N–H and O–H groups in total. The maximum absolute atomic E-state index is 11.9. The zero-order chi connectivity index (χ0) is 14.5. The van der Waals surface area contributed by atoms with Crippen LogP contribution in [0.4, 0.5) is 11.4 Å². The minimum absolute atomic E-state index is 0.0474. The summed E-state index contributed by atoms with van der Waals surface area (Å²) in [5.74, 6) is -0.319. The molecule has 2 aromatic rings. The van der Waals surface area contributed by atoms with E-state index in [-0.39, 0.29) is 11.6 Å². The van der Waals surface area contributed by atoms with Crippen LogP contribution in [0.1, 0.15) is 15.9 Å². The van der Waals surface area contributed by atoms with Crippen LogP contribution in [-0.2, 0) is 6.54 Å². The molecule has 0 bridgehead atoms. The molecule has 0 fully saturated rings. The van der Waals surface area contributed by atoms with Crippen molar-refractivity contribution in [3.63, 3.8) is 0 Å². The van der Waals surface area contributed by atoms with E-state index in [1.807, 2.05) is 12.1 Å². The molecule has 20 heavy (non-hydrogen) atoms. The number of nitrogens with two attached hydrogens (primary N) is 1. The summed E-state index contributed by atoms with van der Waals surface area (Å²) in [7, 11) is 0. The maximum Gasteiger partial charge on any atom is 0.269 e. The van der Waals surface area contributed by atoms with Crippen molar-refractivity contribution >= 4 is 17.3 Å². The van der Waals surface area contributed by atoms with Crippen LogP contribution in [0.2, 0.25) is 0 Å². The highest BCUT2D eigenvalue weighted by Gasteiger charge is 2.09. The third-order valence-corrected chi connectivity index (χ3v) is 2.79. The number of rotatable bonds is 4. The summed E-state index contributed by atoms with van der Waals surface area (Å²) in [4.78, 5) is 22.0. The fraction of sp³-hybridized carbons (Fsp3) is 0.0714. The first-order chi connectivity index (χ1) is 9.60. The van der Waals surface area contributed by atoms with E-state index in [4.69, 9.17) is 5.73 Å². The van der Waals surface area contributed by atoms with Crippen molar-refractivity contribution in [2.75, 3.05) is 5.32 Å². The quantitative estimate of drug-likeness (QED) is 0.658. The molecule has 0 aromatic heterocycles. The van der Waals surface area contributed by atoms with Gasteiger partial charge in [-0.15, -0.1) is 0 Å². The van der Waals surface area contributed by atoms with Crippen LogP contribution in [0.3, 0.4) is 0 Å². The minimum Gasteiger partial charge on any atom is -0.326 e. The number of hydrogen-bond donors (Lipinski definition) is 2. The first-order valence-electron chi connectivity index (χ1n) is 5.95. The van der Waals surface area contributed by atoms with Gasteiger partial charge in [0.05, 0.1) is 4.92 Å². The molecule has 102 valence electrons. The van der Waals surface area contributed by atoms with Gasteiger partial charge in [-0.2, -0.15) is 0 Å². The first-order valence-corrected chi connectivity index (χ1v) is 5.95. The number of carbonyl (C=O) groups is 1. The summed E-state index contributed by atoms with van der Waals surface area (Å²) >= 11 is 0. The number of nitrogens with one attached hydrogen (secondary N) is 1. The van der Waals surface area contributed by atoms with E-state index in [9.17, 15) is 14.9 Å². The summed E-state index contributed by atoms with van der Waals surface area (Å²) in [6.45, 7) is 0.441. The number of nitro groups is 1. The van der Waals surface area contributed by atoms with E-state index < -0.39 is 4.92 Å². The third-order valence-electron chi connectivity index (χ3n) is 2.79. The summed E-state index contributed by atoms with van der Waals surface area (Å²) in [6, 6.07) is 12.6. The van der Waals surface area contributed by atoms with Crippen LogP contribution >= 0.6 is 0 Å². The van der Waals surface area contributed by atoms with Gasteiger partial charge >= 0.3 is 0 Å². The van der Waals surface area contributed by atoms with Gasteiger partial charge in [-0.05, 0) is 29.8 Å². The van der Waals surface area contributed by atoms with Crippen molar-refractivity contribution in [2.24, 2.45) is 5.73 Å². The van der Waals surface area contributed by atoms with Crippen molar-refractivity contribution in [3.8, 4) is 0 Å². The van der Waals surface area contributed by atoms with E-state index in [1.165, 1.54) is 24.3 Å². The Morgan fingerprint density at radius 2 is 1.70 bits per heavy atom. The Labute approximate surface area is 115 Å². The van der Waals surface area contributed by atoms with Gasteiger partial charge in [-0.1, -0.05) is 12.1 Å². The van der Waals surface area contributed by atoms with Crippen molar-refractivity contribution in [3.05, 3.63) is 69.8 Å². The van der Waals surface area contributed by atoms with Gasteiger partial charge in [0.1, 0.15) is 0 Å². The number of hydrogen-bond acceptors (Lipinski definition) is 4. The molecule has 0 spiro atoms. The molecule has 0 saturated heterocycles. The Morgan fingerprint density at radius 3 is 2.20 bits per heavy atom. The largest absolute Gasteiger partial charge is 0.326 e. The van der Waals surface area contributed by atoms with Gasteiger partial charge in [-0.3, -0.25) is 14.9 Å². The third kappa shape index (κ3) is 3.18. The highest BCUT2D eigenvalue weighted by molar-refractivity contribution is 6.04. The molecule has 6 heteroatoms. The molecule has 2 rings (SSSR count). The number of nitro benzene ring substituents is 1. The van der Waals surface area contributed by atoms with Gasteiger partial charge in [0.25, 0.3) is 11.6 Å². The Morgan fingerprint density at radius 1 is 1.10 bits per heavy atom. The first kappa shape index (κ1) is 13.7. The minimum atomic E-state index is -0.507. The predicted molar refractivity (Wildman–Crippen MR) is 75.4 cm³/mol. The fourth-order valence-electron chi connectivity index (χ4n) is 1.66. The highest BCUT2D eigenvalue weighted by Crippen LogP contribution is 2.14. The van der Waals surface area contributed by atoms with Crippen molar-refractivity contribution in [1.82, 2.24) is 0 Å². The lowest BCUT2D eigenvalue weighted by Gasteiger charge is -2.06. The van der Waals surface area contributed by atoms with Crippen LogP contribution in [0.15, 0.2) is 48.5 Å². The Balaban J connectivity index is 2.08. The van der Waals surface area contributed by atoms with E-state index in [2.05, 4.69) is 5.32 Å². The van der Waals surface area contributed by atoms with E-state index in [0.29, 0.717) is 17.8 Å². The lowest BCUT2D eigenvalue weighted by atomic mass is 10.1. The summed E-state index contributed by atoms with van der Waals surface area (Å²) in [5, 5.41) is 13.2. The number of benzene rings is 2. The van der Waals surface area contributed by atoms with Crippen LogP contribution in [0, 0.1) is 10.1 Å². The van der Waals surface area contributed by atoms with Crippen molar-refractivity contribution < 1.29 is 9.72 Å². The SMILES string of the molecule is NCc1ccc(NC(=O)c2ccc([N+](=O)[O-])cc2)cc1. The van der Waals surface area contributed by atoms with Gasteiger partial charge in [0.2, 0.25) is 0 Å². The van der Waals surface area contributed by atoms with Crippen LogP contribution in [-0.4, -0.2) is 10.8 Å². The molecular weight excluding hydrogens is 258 g/mol. The number of nitrogens with zero attached hydrogens (tertiary/aromatic N) is 1. The second-order valence-corrected chi connectivity index (χ2v) is 4.16. The highest BCUT2D eigenvalue weighted by atomic mass is 16.6. The second-order valence-electron chi connectivity index (χ2n) is 4.16. The van der Waals surface area contributed by atoms with Gasteiger partial charge in [0.15, 0.2) is 0 Å². The summed E-state index contributed by atoms with van der Waals surface area (Å²) in [5.41, 5.74) is 7.42. The number of non-ortho nitro benzene ring substituents is 1. The van der Waals surface area contributed by atoms with Crippen LogP contribution < -0.4 is 11.1 Å². The average molecular weight is 271 g/mol. The topological polar surface area (TPSA) is 98.3 Å². The molecule has 0 aliphatic carbocycles.